The molecule has 1 aliphatic heterocycles. The van der Waals surface area contributed by atoms with Crippen molar-refractivity contribution in [3.05, 3.63) is 0 Å². The van der Waals surface area contributed by atoms with E-state index in [1.165, 1.54) is 0 Å². The highest BCUT2D eigenvalue weighted by atomic mass is 16.6. The number of morpholine rings is 1. The molecule has 0 aromatic heterocycles. The molecule has 0 N–H and O–H groups in total. The Balaban J connectivity index is 0.00000121. The number of carbonyl (C=O) groups excluding carboxylic acids is 1. The van der Waals surface area contributed by atoms with Crippen LogP contribution in [0.4, 0.5) is 4.79 Å². The fourth-order valence-corrected chi connectivity index (χ4v) is 1.55. The van der Waals surface area contributed by atoms with E-state index in [2.05, 4.69) is 6.92 Å². The van der Waals surface area contributed by atoms with Crippen molar-refractivity contribution in [2.24, 2.45) is 0 Å². The number of amides is 1. The molecular formula is C13H27NO3. The lowest BCUT2D eigenvalue weighted by atomic mass is 10.2. The molecule has 1 rings (SSSR count). The van der Waals surface area contributed by atoms with Gasteiger partial charge >= 0.3 is 6.09 Å². The fraction of sp³-hybridized carbons (Fsp3) is 0.923. The maximum absolute atomic E-state index is 11.8. The SMILES string of the molecule is CC.CCC1COCCN1C(=O)OC(C)(C)C. The third-order valence-electron chi connectivity index (χ3n) is 2.33. The van der Waals surface area contributed by atoms with Crippen LogP contribution in [0.1, 0.15) is 48.0 Å². The molecule has 1 amide bonds. The van der Waals surface area contributed by atoms with Crippen LogP contribution in [-0.2, 0) is 9.47 Å². The van der Waals surface area contributed by atoms with Gasteiger partial charge in [-0.05, 0) is 27.2 Å². The lowest BCUT2D eigenvalue weighted by molar-refractivity contribution is -0.0328. The predicted octanol–water partition coefficient (Wildman–Crippen LogP) is 3.06. The Morgan fingerprint density at radius 3 is 2.47 bits per heavy atom. The van der Waals surface area contributed by atoms with Gasteiger partial charge in [-0.3, -0.25) is 0 Å². The van der Waals surface area contributed by atoms with E-state index in [4.69, 9.17) is 9.47 Å². The predicted molar refractivity (Wildman–Crippen MR) is 69.2 cm³/mol. The van der Waals surface area contributed by atoms with Crippen LogP contribution in [0, 0.1) is 0 Å². The summed E-state index contributed by atoms with van der Waals surface area (Å²) in [5.41, 5.74) is -0.423. The van der Waals surface area contributed by atoms with Gasteiger partial charge in [-0.25, -0.2) is 4.79 Å². The van der Waals surface area contributed by atoms with E-state index in [9.17, 15) is 4.79 Å². The van der Waals surface area contributed by atoms with Crippen LogP contribution in [0.15, 0.2) is 0 Å². The molecule has 1 unspecified atom stereocenters. The van der Waals surface area contributed by atoms with Crippen LogP contribution < -0.4 is 0 Å². The van der Waals surface area contributed by atoms with Crippen molar-refractivity contribution in [1.82, 2.24) is 4.90 Å². The molecule has 0 aromatic rings. The van der Waals surface area contributed by atoms with Crippen LogP contribution in [0.2, 0.25) is 0 Å². The van der Waals surface area contributed by atoms with Gasteiger partial charge in [-0.2, -0.15) is 0 Å². The summed E-state index contributed by atoms with van der Waals surface area (Å²) in [6.07, 6.45) is 0.678. The van der Waals surface area contributed by atoms with Gasteiger partial charge in [0.2, 0.25) is 0 Å². The van der Waals surface area contributed by atoms with Crippen molar-refractivity contribution in [3.63, 3.8) is 0 Å². The van der Waals surface area contributed by atoms with E-state index in [-0.39, 0.29) is 12.1 Å². The smallest absolute Gasteiger partial charge is 0.410 e. The van der Waals surface area contributed by atoms with Crippen molar-refractivity contribution in [2.45, 2.75) is 59.6 Å². The van der Waals surface area contributed by atoms with Crippen LogP contribution >= 0.6 is 0 Å². The highest BCUT2D eigenvalue weighted by Gasteiger charge is 2.29. The van der Waals surface area contributed by atoms with E-state index >= 15 is 0 Å². The monoisotopic (exact) mass is 245 g/mol. The van der Waals surface area contributed by atoms with Gasteiger partial charge in [-0.1, -0.05) is 20.8 Å². The lowest BCUT2D eigenvalue weighted by Crippen LogP contribution is -2.50. The Morgan fingerprint density at radius 2 is 2.00 bits per heavy atom. The van der Waals surface area contributed by atoms with Gasteiger partial charge in [0.05, 0.1) is 19.3 Å². The average Bonchev–Trinajstić information content (AvgIpc) is 2.29. The average molecular weight is 245 g/mol. The largest absolute Gasteiger partial charge is 0.444 e. The van der Waals surface area contributed by atoms with Crippen LogP contribution in [-0.4, -0.2) is 42.4 Å². The normalized spacial score (nSPS) is 20.4. The maximum atomic E-state index is 11.8. The first-order valence-corrected chi connectivity index (χ1v) is 6.51. The molecule has 0 bridgehead atoms. The van der Waals surface area contributed by atoms with Gasteiger partial charge in [-0.15, -0.1) is 0 Å². The second-order valence-electron chi connectivity index (χ2n) is 4.81. The quantitative estimate of drug-likeness (QED) is 0.712. The Bertz CT molecular complexity index is 223. The van der Waals surface area contributed by atoms with Crippen molar-refractivity contribution >= 4 is 6.09 Å². The Hall–Kier alpha value is -0.770. The molecule has 0 radical (unpaired) electrons. The Kier molecular flexibility index (Phi) is 7.19. The Morgan fingerprint density at radius 1 is 1.41 bits per heavy atom. The molecule has 0 spiro atoms. The molecule has 1 fully saturated rings. The zero-order chi connectivity index (χ0) is 13.5. The zero-order valence-electron chi connectivity index (χ0n) is 12.1. The van der Waals surface area contributed by atoms with Crippen molar-refractivity contribution in [1.29, 1.82) is 0 Å². The Labute approximate surface area is 105 Å². The molecular weight excluding hydrogens is 218 g/mol. The number of carbonyl (C=O) groups is 1. The standard InChI is InChI=1S/C11H21NO3.C2H6/c1-5-9-8-14-7-6-12(9)10(13)15-11(2,3)4;1-2/h9H,5-8H2,1-4H3;1-2H3. The van der Waals surface area contributed by atoms with E-state index < -0.39 is 5.60 Å². The van der Waals surface area contributed by atoms with Crippen molar-refractivity contribution in [2.75, 3.05) is 19.8 Å². The number of rotatable bonds is 1. The summed E-state index contributed by atoms with van der Waals surface area (Å²) >= 11 is 0. The maximum Gasteiger partial charge on any atom is 0.410 e. The highest BCUT2D eigenvalue weighted by Crippen LogP contribution is 2.15. The van der Waals surface area contributed by atoms with Crippen LogP contribution in [0.25, 0.3) is 0 Å². The summed E-state index contributed by atoms with van der Waals surface area (Å²) in [6, 6.07) is 0.161. The first kappa shape index (κ1) is 16.2. The second-order valence-corrected chi connectivity index (χ2v) is 4.81. The third kappa shape index (κ3) is 5.91. The van der Waals surface area contributed by atoms with Crippen LogP contribution in [0.3, 0.4) is 0 Å². The first-order valence-electron chi connectivity index (χ1n) is 6.51. The van der Waals surface area contributed by atoms with Gasteiger partial charge in [0, 0.05) is 6.54 Å². The summed E-state index contributed by atoms with van der Waals surface area (Å²) in [5, 5.41) is 0. The van der Waals surface area contributed by atoms with Crippen molar-refractivity contribution < 1.29 is 14.3 Å². The third-order valence-corrected chi connectivity index (χ3v) is 2.33. The minimum atomic E-state index is -0.423. The van der Waals surface area contributed by atoms with Gasteiger partial charge in [0.15, 0.2) is 0 Å². The zero-order valence-corrected chi connectivity index (χ0v) is 12.1. The summed E-state index contributed by atoms with van der Waals surface area (Å²) in [7, 11) is 0. The minimum Gasteiger partial charge on any atom is -0.444 e. The molecule has 0 aromatic carbocycles. The molecule has 1 aliphatic rings. The molecule has 1 atom stereocenters. The summed E-state index contributed by atoms with van der Waals surface area (Å²) in [4.78, 5) is 13.6. The summed E-state index contributed by atoms with van der Waals surface area (Å²) < 4.78 is 10.7. The van der Waals surface area contributed by atoms with E-state index in [0.717, 1.165) is 6.42 Å². The number of hydrogen-bond donors (Lipinski definition) is 0. The number of nitrogens with zero attached hydrogens (tertiary/aromatic N) is 1. The lowest BCUT2D eigenvalue weighted by Gasteiger charge is -2.36. The van der Waals surface area contributed by atoms with Crippen LogP contribution in [0.5, 0.6) is 0 Å². The second kappa shape index (κ2) is 7.54. The molecule has 0 aliphatic carbocycles. The number of ether oxygens (including phenoxy) is 2. The van der Waals surface area contributed by atoms with Gasteiger partial charge < -0.3 is 14.4 Å². The minimum absolute atomic E-state index is 0.161. The molecule has 1 heterocycles. The molecule has 102 valence electrons. The molecule has 17 heavy (non-hydrogen) atoms. The van der Waals surface area contributed by atoms with E-state index in [1.54, 1.807) is 4.90 Å². The molecule has 0 saturated carbocycles. The topological polar surface area (TPSA) is 38.8 Å². The summed E-state index contributed by atoms with van der Waals surface area (Å²) in [6.45, 7) is 13.6. The fourth-order valence-electron chi connectivity index (χ4n) is 1.55. The molecule has 4 nitrogen and oxygen atoms in total. The number of hydrogen-bond acceptors (Lipinski definition) is 3. The van der Waals surface area contributed by atoms with Gasteiger partial charge in [0.1, 0.15) is 5.60 Å². The van der Waals surface area contributed by atoms with Gasteiger partial charge in [0.25, 0.3) is 0 Å². The molecule has 1 saturated heterocycles. The van der Waals surface area contributed by atoms with E-state index in [0.29, 0.717) is 19.8 Å². The first-order chi connectivity index (χ1) is 7.94. The van der Waals surface area contributed by atoms with Crippen molar-refractivity contribution in [3.8, 4) is 0 Å². The molecule has 4 heteroatoms. The van der Waals surface area contributed by atoms with E-state index in [1.807, 2.05) is 34.6 Å². The highest BCUT2D eigenvalue weighted by molar-refractivity contribution is 5.68. The summed E-state index contributed by atoms with van der Waals surface area (Å²) in [5.74, 6) is 0.